The molecular formula is C17H42N4Si2. The highest BCUT2D eigenvalue weighted by Crippen LogP contribution is 2.38. The van der Waals surface area contributed by atoms with E-state index in [2.05, 4.69) is 73.3 Å². The fourth-order valence-electron chi connectivity index (χ4n) is 3.03. The maximum absolute atomic E-state index is 3.42. The van der Waals surface area contributed by atoms with Crippen LogP contribution in [0, 0.1) is 0 Å². The van der Waals surface area contributed by atoms with Crippen molar-refractivity contribution < 1.29 is 0 Å². The van der Waals surface area contributed by atoms with Gasteiger partial charge in [-0.3, -0.25) is 0 Å². The fourth-order valence-corrected chi connectivity index (χ4v) is 6.89. The van der Waals surface area contributed by atoms with Crippen molar-refractivity contribution in [3.05, 3.63) is 0 Å². The fraction of sp³-hybridized carbons (Fsp3) is 1.00. The second-order valence-electron chi connectivity index (χ2n) is 9.45. The van der Waals surface area contributed by atoms with E-state index in [-0.39, 0.29) is 0 Å². The summed E-state index contributed by atoms with van der Waals surface area (Å²) in [5.41, 5.74) is 0. The van der Waals surface area contributed by atoms with Gasteiger partial charge in [0.05, 0.1) is 0 Å². The average molecular weight is 359 g/mol. The Morgan fingerprint density at radius 3 is 1.26 bits per heavy atom. The van der Waals surface area contributed by atoms with Gasteiger partial charge in [0.1, 0.15) is 16.5 Å². The molecule has 0 radical (unpaired) electrons. The maximum atomic E-state index is 3.42. The van der Waals surface area contributed by atoms with Crippen LogP contribution in [0.25, 0.3) is 0 Å². The molecule has 0 aromatic carbocycles. The van der Waals surface area contributed by atoms with Crippen LogP contribution in [0.15, 0.2) is 0 Å². The first kappa shape index (κ1) is 21.3. The second kappa shape index (κ2) is 8.58. The summed E-state index contributed by atoms with van der Waals surface area (Å²) in [7, 11) is -2.17. The van der Waals surface area contributed by atoms with E-state index in [0.29, 0.717) is 5.04 Å². The number of nitrogens with zero attached hydrogens (tertiary/aromatic N) is 2. The van der Waals surface area contributed by atoms with Gasteiger partial charge in [-0.15, -0.1) is 0 Å². The third-order valence-electron chi connectivity index (χ3n) is 5.81. The van der Waals surface area contributed by atoms with Crippen molar-refractivity contribution in [2.75, 3.05) is 52.4 Å². The molecule has 0 spiro atoms. The van der Waals surface area contributed by atoms with E-state index in [1.807, 2.05) is 0 Å². The number of piperazine rings is 2. The smallest absolute Gasteiger partial charge is 0.127 e. The molecule has 2 aliphatic rings. The molecule has 138 valence electrons. The van der Waals surface area contributed by atoms with Gasteiger partial charge in [0.25, 0.3) is 0 Å². The highest BCUT2D eigenvalue weighted by Gasteiger charge is 2.40. The number of nitrogens with one attached hydrogen (secondary N) is 2. The molecule has 2 aliphatic heterocycles. The van der Waals surface area contributed by atoms with Crippen molar-refractivity contribution in [3.8, 4) is 0 Å². The van der Waals surface area contributed by atoms with Crippen molar-refractivity contribution in [1.29, 1.82) is 0 Å². The zero-order valence-electron chi connectivity index (χ0n) is 17.1. The van der Waals surface area contributed by atoms with Gasteiger partial charge in [-0.2, -0.15) is 0 Å². The van der Waals surface area contributed by atoms with E-state index >= 15 is 0 Å². The van der Waals surface area contributed by atoms with Crippen LogP contribution in [0.1, 0.15) is 20.8 Å². The molecule has 2 rings (SSSR count). The van der Waals surface area contributed by atoms with Crippen molar-refractivity contribution in [2.24, 2.45) is 0 Å². The molecular weight excluding hydrogens is 316 g/mol. The Hall–Kier alpha value is 0.274. The molecule has 23 heavy (non-hydrogen) atoms. The number of hydrogen-bond acceptors (Lipinski definition) is 4. The van der Waals surface area contributed by atoms with Crippen LogP contribution >= 0.6 is 0 Å². The average Bonchev–Trinajstić information content (AvgIpc) is 2.48. The van der Waals surface area contributed by atoms with E-state index in [4.69, 9.17) is 0 Å². The van der Waals surface area contributed by atoms with E-state index in [9.17, 15) is 0 Å². The minimum atomic E-state index is -1.21. The van der Waals surface area contributed by atoms with Crippen molar-refractivity contribution in [3.63, 3.8) is 0 Å². The van der Waals surface area contributed by atoms with E-state index < -0.39 is 16.5 Å². The van der Waals surface area contributed by atoms with E-state index in [1.54, 1.807) is 0 Å². The van der Waals surface area contributed by atoms with Gasteiger partial charge >= 0.3 is 0 Å². The predicted octanol–water partition coefficient (Wildman–Crippen LogP) is 2.62. The molecule has 0 aliphatic carbocycles. The summed E-state index contributed by atoms with van der Waals surface area (Å²) >= 11 is 0. The largest absolute Gasteiger partial charge is 0.321 e. The molecule has 0 unspecified atom stereocenters. The zero-order valence-corrected chi connectivity index (χ0v) is 19.1. The molecule has 4 nitrogen and oxygen atoms in total. The predicted molar refractivity (Wildman–Crippen MR) is 109 cm³/mol. The third-order valence-corrected chi connectivity index (χ3v) is 13.9. The minimum Gasteiger partial charge on any atom is -0.321 e. The summed E-state index contributed by atoms with van der Waals surface area (Å²) in [5.74, 6) is 0. The standard InChI is InChI=1S/C10H24N2Si.C7H18N2Si/c1-10(2,3)13(4,5)12-8-6-11-7-9-12;1-10(2,3)9-6-4-8-5-7-9/h11H,6-9H2,1-5H3;8H,4-7H2,1-3H3. The Kier molecular flexibility index (Phi) is 7.95. The lowest BCUT2D eigenvalue weighted by Gasteiger charge is -2.47. The molecule has 0 saturated carbocycles. The summed E-state index contributed by atoms with van der Waals surface area (Å²) in [6, 6.07) is 0. The molecule has 0 aromatic heterocycles. The molecule has 0 atom stereocenters. The third kappa shape index (κ3) is 6.59. The van der Waals surface area contributed by atoms with E-state index in [1.165, 1.54) is 52.4 Å². The molecule has 2 fully saturated rings. The minimum absolute atomic E-state index is 0.490. The maximum Gasteiger partial charge on any atom is 0.127 e. The topological polar surface area (TPSA) is 30.5 Å². The first-order valence-electron chi connectivity index (χ1n) is 9.38. The van der Waals surface area contributed by atoms with Gasteiger partial charge in [0.2, 0.25) is 0 Å². The summed E-state index contributed by atoms with van der Waals surface area (Å²) in [5, 5.41) is 7.28. The van der Waals surface area contributed by atoms with Crippen LogP contribution in [0.5, 0.6) is 0 Å². The molecule has 0 bridgehead atoms. The van der Waals surface area contributed by atoms with Gasteiger partial charge < -0.3 is 19.8 Å². The van der Waals surface area contributed by atoms with Gasteiger partial charge in [0, 0.05) is 52.4 Å². The molecule has 2 N–H and O–H groups in total. The summed E-state index contributed by atoms with van der Waals surface area (Å²) in [4.78, 5) is 0. The Labute approximate surface area is 147 Å². The highest BCUT2D eigenvalue weighted by molar-refractivity contribution is 6.77. The second-order valence-corrected chi connectivity index (χ2v) is 19.7. The normalized spacial score (nSPS) is 22.4. The van der Waals surface area contributed by atoms with Gasteiger partial charge in [-0.25, -0.2) is 0 Å². The molecule has 0 aromatic rings. The van der Waals surface area contributed by atoms with Crippen LogP contribution < -0.4 is 10.6 Å². The first-order chi connectivity index (χ1) is 10.5. The number of rotatable bonds is 2. The number of hydrogen-bond donors (Lipinski definition) is 2. The van der Waals surface area contributed by atoms with Crippen LogP contribution in [-0.2, 0) is 0 Å². The Bertz CT molecular complexity index is 335. The first-order valence-corrected chi connectivity index (χ1v) is 15.8. The van der Waals surface area contributed by atoms with Crippen LogP contribution in [-0.4, -0.2) is 78.0 Å². The summed E-state index contributed by atoms with van der Waals surface area (Å²) in [6.45, 7) is 29.1. The van der Waals surface area contributed by atoms with Crippen molar-refractivity contribution >= 4 is 16.5 Å². The lowest BCUT2D eigenvalue weighted by molar-refractivity contribution is 0.344. The molecule has 2 saturated heterocycles. The molecule has 0 amide bonds. The summed E-state index contributed by atoms with van der Waals surface area (Å²) in [6.07, 6.45) is 0. The van der Waals surface area contributed by atoms with E-state index in [0.717, 1.165) is 0 Å². The molecule has 6 heteroatoms. The Balaban J connectivity index is 0.000000238. The SMILES string of the molecule is CC(C)(C)[Si](C)(C)N1CCNCC1.C[Si](C)(C)N1CCNCC1. The van der Waals surface area contributed by atoms with Gasteiger partial charge in [0.15, 0.2) is 0 Å². The Morgan fingerprint density at radius 1 is 0.652 bits per heavy atom. The van der Waals surface area contributed by atoms with Gasteiger partial charge in [-0.05, 0) is 5.04 Å². The monoisotopic (exact) mass is 358 g/mol. The summed E-state index contributed by atoms with van der Waals surface area (Å²) < 4.78 is 5.40. The van der Waals surface area contributed by atoms with Crippen LogP contribution in [0.4, 0.5) is 0 Å². The van der Waals surface area contributed by atoms with Gasteiger partial charge in [-0.1, -0.05) is 53.5 Å². The van der Waals surface area contributed by atoms with Crippen LogP contribution in [0.3, 0.4) is 0 Å². The molecule has 2 heterocycles. The zero-order chi connectivity index (χ0) is 17.7. The van der Waals surface area contributed by atoms with Crippen molar-refractivity contribution in [2.45, 2.75) is 58.5 Å². The highest BCUT2D eigenvalue weighted by atomic mass is 28.3. The lowest BCUT2D eigenvalue weighted by atomic mass is 10.2. The quantitative estimate of drug-likeness (QED) is 0.743. The van der Waals surface area contributed by atoms with Crippen LogP contribution in [0.2, 0.25) is 37.8 Å². The Morgan fingerprint density at radius 2 is 1.00 bits per heavy atom. The lowest BCUT2D eigenvalue weighted by Crippen LogP contribution is -2.60. The van der Waals surface area contributed by atoms with Crippen molar-refractivity contribution in [1.82, 2.24) is 19.8 Å².